The van der Waals surface area contributed by atoms with Crippen LogP contribution >= 0.6 is 0 Å². The van der Waals surface area contributed by atoms with Crippen molar-refractivity contribution in [3.8, 4) is 0 Å². The van der Waals surface area contributed by atoms with Gasteiger partial charge in [0.2, 0.25) is 0 Å². The van der Waals surface area contributed by atoms with Gasteiger partial charge in [0.15, 0.2) is 0 Å². The summed E-state index contributed by atoms with van der Waals surface area (Å²) in [4.78, 5) is 11.8. The van der Waals surface area contributed by atoms with Crippen LogP contribution in [0.25, 0.3) is 0 Å². The largest absolute Gasteiger partial charge is 0.382 e. The number of nitrogens with two attached hydrogens (primary N) is 1. The van der Waals surface area contributed by atoms with Crippen LogP contribution < -0.4 is 16.4 Å². The Kier molecular flexibility index (Phi) is 5.27. The van der Waals surface area contributed by atoms with E-state index in [0.717, 1.165) is 22.6 Å². The quantitative estimate of drug-likeness (QED) is 0.732. The number of primary amides is 1. The zero-order valence-corrected chi connectivity index (χ0v) is 15.0. The molecule has 4 heteroatoms. The Balaban J connectivity index is 1.85. The predicted molar refractivity (Wildman–Crippen MR) is 104 cm³/mol. The minimum atomic E-state index is -0.423. The first-order valence-corrected chi connectivity index (χ1v) is 9.07. The highest BCUT2D eigenvalue weighted by molar-refractivity contribution is 6.00. The molecule has 0 bridgehead atoms. The molecular formula is C21H27N3O. The van der Waals surface area contributed by atoms with Crippen LogP contribution in [0, 0.1) is 12.8 Å². The Bertz CT molecular complexity index is 757. The van der Waals surface area contributed by atoms with Gasteiger partial charge in [0.25, 0.3) is 5.91 Å². The van der Waals surface area contributed by atoms with Crippen molar-refractivity contribution in [3.63, 3.8) is 0 Å². The Morgan fingerprint density at radius 1 is 1.08 bits per heavy atom. The van der Waals surface area contributed by atoms with Gasteiger partial charge in [-0.1, -0.05) is 31.9 Å². The molecule has 2 aromatic carbocycles. The van der Waals surface area contributed by atoms with Gasteiger partial charge in [-0.15, -0.1) is 0 Å². The first-order chi connectivity index (χ1) is 12.0. The zero-order chi connectivity index (χ0) is 17.8. The lowest BCUT2D eigenvalue weighted by Gasteiger charge is -2.30. The molecule has 1 amide bonds. The molecule has 0 aliphatic heterocycles. The topological polar surface area (TPSA) is 67.2 Å². The lowest BCUT2D eigenvalue weighted by molar-refractivity contribution is 0.100. The number of rotatable bonds is 5. The molecule has 1 fully saturated rings. The predicted octanol–water partition coefficient (Wildman–Crippen LogP) is 4.83. The molecule has 0 unspecified atom stereocenters. The van der Waals surface area contributed by atoms with E-state index in [-0.39, 0.29) is 0 Å². The van der Waals surface area contributed by atoms with Crippen LogP contribution in [0.4, 0.5) is 17.1 Å². The van der Waals surface area contributed by atoms with Crippen molar-refractivity contribution in [2.45, 2.75) is 45.6 Å². The molecule has 3 rings (SSSR count). The molecule has 2 aromatic rings. The maximum atomic E-state index is 11.8. The lowest BCUT2D eigenvalue weighted by atomic mass is 9.86. The fraction of sp³-hybridized carbons (Fsp3) is 0.381. The SMILES string of the molecule is Cc1cccc(Nc2cc(N[C@@H]3CCCC[C@@H]3C)ccc2C(N)=O)c1. The normalized spacial score (nSPS) is 20.1. The summed E-state index contributed by atoms with van der Waals surface area (Å²) in [6, 6.07) is 14.3. The van der Waals surface area contributed by atoms with Crippen LogP contribution in [-0.4, -0.2) is 11.9 Å². The Morgan fingerprint density at radius 2 is 1.88 bits per heavy atom. The van der Waals surface area contributed by atoms with E-state index in [1.807, 2.05) is 43.3 Å². The molecule has 4 nitrogen and oxygen atoms in total. The van der Waals surface area contributed by atoms with Crippen molar-refractivity contribution in [3.05, 3.63) is 53.6 Å². The summed E-state index contributed by atoms with van der Waals surface area (Å²) in [6.45, 7) is 4.35. The molecule has 0 saturated heterocycles. The minimum Gasteiger partial charge on any atom is -0.382 e. The second kappa shape index (κ2) is 7.60. The van der Waals surface area contributed by atoms with E-state index in [1.54, 1.807) is 6.07 Å². The lowest BCUT2D eigenvalue weighted by Crippen LogP contribution is -2.30. The average molecular weight is 337 g/mol. The second-order valence-corrected chi connectivity index (χ2v) is 7.13. The smallest absolute Gasteiger partial charge is 0.250 e. The molecule has 1 aliphatic rings. The number of hydrogen-bond acceptors (Lipinski definition) is 3. The van der Waals surface area contributed by atoms with E-state index in [0.29, 0.717) is 17.5 Å². The van der Waals surface area contributed by atoms with E-state index in [9.17, 15) is 4.79 Å². The first kappa shape index (κ1) is 17.3. The van der Waals surface area contributed by atoms with Crippen LogP contribution in [0.1, 0.15) is 48.5 Å². The summed E-state index contributed by atoms with van der Waals surface area (Å²) < 4.78 is 0. The van der Waals surface area contributed by atoms with Gasteiger partial charge in [0.05, 0.1) is 11.3 Å². The van der Waals surface area contributed by atoms with Crippen molar-refractivity contribution in [1.29, 1.82) is 0 Å². The number of carbonyl (C=O) groups excluding carboxylic acids is 1. The average Bonchev–Trinajstić information content (AvgIpc) is 2.57. The molecule has 0 spiro atoms. The summed E-state index contributed by atoms with van der Waals surface area (Å²) in [5.41, 5.74) is 9.94. The molecule has 2 atom stereocenters. The highest BCUT2D eigenvalue weighted by atomic mass is 16.1. The van der Waals surface area contributed by atoms with Gasteiger partial charge in [0, 0.05) is 17.4 Å². The third kappa shape index (κ3) is 4.32. The van der Waals surface area contributed by atoms with E-state index < -0.39 is 5.91 Å². The van der Waals surface area contributed by atoms with E-state index in [1.165, 1.54) is 25.7 Å². The van der Waals surface area contributed by atoms with Crippen LogP contribution in [0.15, 0.2) is 42.5 Å². The van der Waals surface area contributed by atoms with Crippen molar-refractivity contribution in [2.75, 3.05) is 10.6 Å². The van der Waals surface area contributed by atoms with Gasteiger partial charge >= 0.3 is 0 Å². The monoisotopic (exact) mass is 337 g/mol. The molecule has 0 aromatic heterocycles. The van der Waals surface area contributed by atoms with Crippen LogP contribution in [-0.2, 0) is 0 Å². The van der Waals surface area contributed by atoms with Gasteiger partial charge in [-0.2, -0.15) is 0 Å². The van der Waals surface area contributed by atoms with Gasteiger partial charge < -0.3 is 16.4 Å². The highest BCUT2D eigenvalue weighted by Crippen LogP contribution is 2.30. The van der Waals surface area contributed by atoms with E-state index in [4.69, 9.17) is 5.73 Å². The standard InChI is InChI=1S/C21H27N3O/c1-14-6-5-8-16(12-14)24-20-13-17(10-11-18(20)21(22)25)23-19-9-4-3-7-15(19)2/h5-6,8,10-13,15,19,23-24H,3-4,7,9H2,1-2H3,(H2,22,25)/t15-,19+/m0/s1. The Morgan fingerprint density at radius 3 is 2.60 bits per heavy atom. The van der Waals surface area contributed by atoms with Crippen LogP contribution in [0.5, 0.6) is 0 Å². The van der Waals surface area contributed by atoms with E-state index in [2.05, 4.69) is 17.6 Å². The summed E-state index contributed by atoms with van der Waals surface area (Å²) in [6.07, 6.45) is 5.06. The summed E-state index contributed by atoms with van der Waals surface area (Å²) in [5, 5.41) is 6.98. The van der Waals surface area contributed by atoms with Crippen molar-refractivity contribution in [1.82, 2.24) is 0 Å². The summed E-state index contributed by atoms with van der Waals surface area (Å²) in [5.74, 6) is 0.241. The van der Waals surface area contributed by atoms with Crippen LogP contribution in [0.2, 0.25) is 0 Å². The molecule has 132 valence electrons. The van der Waals surface area contributed by atoms with Crippen LogP contribution in [0.3, 0.4) is 0 Å². The fourth-order valence-electron chi connectivity index (χ4n) is 3.58. The molecular weight excluding hydrogens is 310 g/mol. The van der Waals surface area contributed by atoms with Gasteiger partial charge in [-0.05, 0) is 61.6 Å². The number of hydrogen-bond donors (Lipinski definition) is 3. The zero-order valence-electron chi connectivity index (χ0n) is 15.0. The van der Waals surface area contributed by atoms with Crippen molar-refractivity contribution in [2.24, 2.45) is 11.7 Å². The number of anilines is 3. The maximum absolute atomic E-state index is 11.8. The Hall–Kier alpha value is -2.49. The minimum absolute atomic E-state index is 0.423. The molecule has 0 heterocycles. The third-order valence-corrected chi connectivity index (χ3v) is 5.05. The summed E-state index contributed by atoms with van der Waals surface area (Å²) in [7, 11) is 0. The number of carbonyl (C=O) groups is 1. The molecule has 4 N–H and O–H groups in total. The van der Waals surface area contributed by atoms with Gasteiger partial charge in [0.1, 0.15) is 0 Å². The third-order valence-electron chi connectivity index (χ3n) is 5.05. The van der Waals surface area contributed by atoms with Gasteiger partial charge in [-0.25, -0.2) is 0 Å². The van der Waals surface area contributed by atoms with E-state index >= 15 is 0 Å². The highest BCUT2D eigenvalue weighted by Gasteiger charge is 2.21. The summed E-state index contributed by atoms with van der Waals surface area (Å²) >= 11 is 0. The first-order valence-electron chi connectivity index (χ1n) is 9.07. The Labute approximate surface area is 149 Å². The van der Waals surface area contributed by atoms with Crippen molar-refractivity contribution < 1.29 is 4.79 Å². The second-order valence-electron chi connectivity index (χ2n) is 7.13. The molecule has 1 aliphatic carbocycles. The molecule has 25 heavy (non-hydrogen) atoms. The number of benzene rings is 2. The fourth-order valence-corrected chi connectivity index (χ4v) is 3.58. The molecule has 1 saturated carbocycles. The number of amides is 1. The van der Waals surface area contributed by atoms with Crippen molar-refractivity contribution >= 4 is 23.0 Å². The number of nitrogens with one attached hydrogen (secondary N) is 2. The molecule has 0 radical (unpaired) electrons. The maximum Gasteiger partial charge on any atom is 0.250 e. The number of aryl methyl sites for hydroxylation is 1. The van der Waals surface area contributed by atoms with Gasteiger partial charge in [-0.3, -0.25) is 4.79 Å².